The zero-order chi connectivity index (χ0) is 19.0. The molecule has 0 spiro atoms. The van der Waals surface area contributed by atoms with E-state index >= 15 is 0 Å². The van der Waals surface area contributed by atoms with E-state index in [4.69, 9.17) is 4.98 Å². The Balaban J connectivity index is 2.07. The van der Waals surface area contributed by atoms with Crippen molar-refractivity contribution in [1.82, 2.24) is 24.5 Å². The van der Waals surface area contributed by atoms with Crippen LogP contribution in [0.4, 0.5) is 0 Å². The van der Waals surface area contributed by atoms with Crippen LogP contribution in [0.3, 0.4) is 0 Å². The number of nitrogens with zero attached hydrogens (tertiary/aromatic N) is 5. The second-order valence-corrected chi connectivity index (χ2v) is 8.73. The number of amides is 1. The summed E-state index contributed by atoms with van der Waals surface area (Å²) < 4.78 is 2.03. The third-order valence-corrected chi connectivity index (χ3v) is 6.64. The minimum atomic E-state index is 0.124. The SMILES string of the molecule is CCN(CC)C(=O)CSc1nnc2c3c(C)c(C)sc3nc(C(C)C)n12. The average Bonchev–Trinajstić information content (AvgIpc) is 3.14. The molecule has 0 N–H and O–H groups in total. The van der Waals surface area contributed by atoms with Crippen molar-refractivity contribution < 1.29 is 4.79 Å². The molecule has 0 aliphatic carbocycles. The molecule has 0 unspecified atom stereocenters. The maximum absolute atomic E-state index is 12.4. The van der Waals surface area contributed by atoms with Crippen LogP contribution in [-0.4, -0.2) is 49.2 Å². The molecule has 3 aromatic rings. The predicted molar refractivity (Wildman–Crippen MR) is 108 cm³/mol. The molecule has 8 heteroatoms. The van der Waals surface area contributed by atoms with Gasteiger partial charge in [-0.25, -0.2) is 4.98 Å². The second kappa shape index (κ2) is 7.52. The molecular formula is C18H25N5OS2. The van der Waals surface area contributed by atoms with E-state index in [-0.39, 0.29) is 11.8 Å². The summed E-state index contributed by atoms with van der Waals surface area (Å²) in [6, 6.07) is 0. The standard InChI is InChI=1S/C18H25N5OS2/c1-7-22(8-2)13(24)9-25-18-21-20-16-14-11(5)12(6)26-17(14)19-15(10(3)4)23(16)18/h10H,7-9H2,1-6H3. The smallest absolute Gasteiger partial charge is 0.233 e. The molecule has 6 nitrogen and oxygen atoms in total. The molecule has 1 amide bonds. The normalized spacial score (nSPS) is 11.8. The molecule has 0 bridgehead atoms. The summed E-state index contributed by atoms with van der Waals surface area (Å²) in [5.41, 5.74) is 2.05. The monoisotopic (exact) mass is 391 g/mol. The molecule has 0 aromatic carbocycles. The van der Waals surface area contributed by atoms with Gasteiger partial charge in [-0.05, 0) is 33.3 Å². The molecule has 0 aliphatic rings. The Labute approximate surface area is 162 Å². The average molecular weight is 392 g/mol. The summed E-state index contributed by atoms with van der Waals surface area (Å²) >= 11 is 3.14. The van der Waals surface area contributed by atoms with Gasteiger partial charge in [0.25, 0.3) is 0 Å². The van der Waals surface area contributed by atoms with E-state index in [1.807, 2.05) is 23.1 Å². The largest absolute Gasteiger partial charge is 0.343 e. The lowest BCUT2D eigenvalue weighted by Gasteiger charge is -2.18. The van der Waals surface area contributed by atoms with Crippen LogP contribution in [-0.2, 0) is 4.79 Å². The Morgan fingerprint density at radius 3 is 2.54 bits per heavy atom. The lowest BCUT2D eigenvalue weighted by Crippen LogP contribution is -2.31. The fourth-order valence-corrected chi connectivity index (χ4v) is 4.89. The highest BCUT2D eigenvalue weighted by Gasteiger charge is 2.21. The van der Waals surface area contributed by atoms with Crippen LogP contribution in [0.2, 0.25) is 0 Å². The predicted octanol–water partition coefficient (Wildman–Crippen LogP) is 4.04. The molecule has 26 heavy (non-hydrogen) atoms. The number of thiophene rings is 1. The van der Waals surface area contributed by atoms with Crippen molar-refractivity contribution in [2.75, 3.05) is 18.8 Å². The summed E-state index contributed by atoms with van der Waals surface area (Å²) in [6.07, 6.45) is 0. The Bertz CT molecular complexity index is 956. The van der Waals surface area contributed by atoms with E-state index in [0.717, 1.165) is 39.9 Å². The number of hydrogen-bond acceptors (Lipinski definition) is 6. The zero-order valence-corrected chi connectivity index (χ0v) is 17.8. The quantitative estimate of drug-likeness (QED) is 0.594. The first-order valence-corrected chi connectivity index (χ1v) is 10.7. The second-order valence-electron chi connectivity index (χ2n) is 6.58. The van der Waals surface area contributed by atoms with Gasteiger partial charge in [0.1, 0.15) is 10.7 Å². The lowest BCUT2D eigenvalue weighted by atomic mass is 10.2. The van der Waals surface area contributed by atoms with Crippen molar-refractivity contribution in [2.45, 2.75) is 52.6 Å². The van der Waals surface area contributed by atoms with E-state index in [0.29, 0.717) is 5.75 Å². The van der Waals surface area contributed by atoms with Crippen molar-refractivity contribution >= 4 is 44.9 Å². The van der Waals surface area contributed by atoms with Crippen LogP contribution in [0.5, 0.6) is 0 Å². The van der Waals surface area contributed by atoms with Crippen LogP contribution >= 0.6 is 23.1 Å². The Morgan fingerprint density at radius 2 is 1.92 bits per heavy atom. The van der Waals surface area contributed by atoms with E-state index < -0.39 is 0 Å². The van der Waals surface area contributed by atoms with E-state index in [9.17, 15) is 4.79 Å². The Kier molecular flexibility index (Phi) is 5.53. The van der Waals surface area contributed by atoms with Crippen molar-refractivity contribution in [3.8, 4) is 0 Å². The topological polar surface area (TPSA) is 63.4 Å². The van der Waals surface area contributed by atoms with Gasteiger partial charge in [0, 0.05) is 23.9 Å². The minimum Gasteiger partial charge on any atom is -0.343 e. The van der Waals surface area contributed by atoms with Gasteiger partial charge in [-0.2, -0.15) is 0 Å². The third kappa shape index (κ3) is 3.20. The number of carbonyl (C=O) groups is 1. The van der Waals surface area contributed by atoms with Crippen LogP contribution in [0, 0.1) is 13.8 Å². The van der Waals surface area contributed by atoms with Crippen molar-refractivity contribution in [3.05, 3.63) is 16.3 Å². The molecule has 0 saturated heterocycles. The number of carbonyl (C=O) groups excluding carboxylic acids is 1. The van der Waals surface area contributed by atoms with Crippen LogP contribution < -0.4 is 0 Å². The maximum Gasteiger partial charge on any atom is 0.233 e. The summed E-state index contributed by atoms with van der Waals surface area (Å²) in [4.78, 5) is 21.4. The van der Waals surface area contributed by atoms with Gasteiger partial charge in [-0.1, -0.05) is 25.6 Å². The van der Waals surface area contributed by atoms with Gasteiger partial charge < -0.3 is 4.90 Å². The molecule has 0 fully saturated rings. The molecule has 0 radical (unpaired) electrons. The minimum absolute atomic E-state index is 0.124. The summed E-state index contributed by atoms with van der Waals surface area (Å²) in [5, 5.41) is 10.7. The highest BCUT2D eigenvalue weighted by molar-refractivity contribution is 7.99. The first kappa shape index (κ1) is 19.1. The molecule has 3 aromatic heterocycles. The molecule has 0 aliphatic heterocycles. The number of fused-ring (bicyclic) bond motifs is 3. The fourth-order valence-electron chi connectivity index (χ4n) is 3.02. The Hall–Kier alpha value is -1.67. The third-order valence-electron chi connectivity index (χ3n) is 4.63. The van der Waals surface area contributed by atoms with Crippen molar-refractivity contribution in [2.24, 2.45) is 0 Å². The van der Waals surface area contributed by atoms with Gasteiger partial charge >= 0.3 is 0 Å². The number of hydrogen-bond donors (Lipinski definition) is 0. The van der Waals surface area contributed by atoms with Gasteiger partial charge in [-0.3, -0.25) is 9.20 Å². The number of aryl methyl sites for hydroxylation is 2. The van der Waals surface area contributed by atoms with E-state index in [2.05, 4.69) is 37.9 Å². The number of rotatable bonds is 6. The van der Waals surface area contributed by atoms with Gasteiger partial charge in [0.15, 0.2) is 10.8 Å². The van der Waals surface area contributed by atoms with Gasteiger partial charge in [0.2, 0.25) is 5.91 Å². The summed E-state index contributed by atoms with van der Waals surface area (Å²) in [6.45, 7) is 13.9. The van der Waals surface area contributed by atoms with Crippen molar-refractivity contribution in [1.29, 1.82) is 0 Å². The fraction of sp³-hybridized carbons (Fsp3) is 0.556. The number of thioether (sulfide) groups is 1. The Morgan fingerprint density at radius 1 is 1.23 bits per heavy atom. The van der Waals surface area contributed by atoms with Crippen LogP contribution in [0.1, 0.15) is 49.9 Å². The van der Waals surface area contributed by atoms with Gasteiger partial charge in [-0.15, -0.1) is 21.5 Å². The molecular weight excluding hydrogens is 366 g/mol. The highest BCUT2D eigenvalue weighted by atomic mass is 32.2. The molecule has 0 saturated carbocycles. The lowest BCUT2D eigenvalue weighted by molar-refractivity contribution is -0.127. The number of aromatic nitrogens is 4. The van der Waals surface area contributed by atoms with Crippen LogP contribution in [0.25, 0.3) is 15.9 Å². The van der Waals surface area contributed by atoms with E-state index in [1.165, 1.54) is 22.2 Å². The maximum atomic E-state index is 12.4. The molecule has 140 valence electrons. The molecule has 3 heterocycles. The first-order chi connectivity index (χ1) is 12.4. The summed E-state index contributed by atoms with van der Waals surface area (Å²) in [5.74, 6) is 1.66. The molecule has 3 rings (SSSR count). The zero-order valence-electron chi connectivity index (χ0n) is 16.2. The van der Waals surface area contributed by atoms with Crippen LogP contribution in [0.15, 0.2) is 5.16 Å². The van der Waals surface area contributed by atoms with Crippen molar-refractivity contribution in [3.63, 3.8) is 0 Å². The van der Waals surface area contributed by atoms with Gasteiger partial charge in [0.05, 0.1) is 11.1 Å². The summed E-state index contributed by atoms with van der Waals surface area (Å²) in [7, 11) is 0. The first-order valence-electron chi connectivity index (χ1n) is 8.94. The van der Waals surface area contributed by atoms with E-state index in [1.54, 1.807) is 11.3 Å². The highest BCUT2D eigenvalue weighted by Crippen LogP contribution is 2.34. The molecule has 0 atom stereocenters.